The standard InChI is InChI=1S/C36H49NO4/c1-22(21-37-24(3)38)11-14-31-23(2)33-32(41-31)20-30-28-13-12-26-19-27(40-34(39)25-9-7-6-8-10-25)15-17-35(26,4)29(28)16-18-36(30,33)5/h6-10,12,22,27-30,32-33H,11,13-21H2,1-5H3,(H,37,38)/t22-,27-,28-,29-,30-,32+,33-,35+,36+/m1/s1. The van der Waals surface area contributed by atoms with Crippen LogP contribution in [-0.4, -0.2) is 30.6 Å². The number of rotatable bonds is 7. The van der Waals surface area contributed by atoms with Gasteiger partial charge in [0.15, 0.2) is 0 Å². The molecule has 41 heavy (non-hydrogen) atoms. The lowest BCUT2D eigenvalue weighted by molar-refractivity contribution is -0.119. The van der Waals surface area contributed by atoms with Crippen molar-refractivity contribution in [3.63, 3.8) is 0 Å². The summed E-state index contributed by atoms with van der Waals surface area (Å²) in [6, 6.07) is 9.40. The van der Waals surface area contributed by atoms with Crippen LogP contribution in [0.15, 0.2) is 53.3 Å². The smallest absolute Gasteiger partial charge is 0.338 e. The van der Waals surface area contributed by atoms with Gasteiger partial charge >= 0.3 is 5.97 Å². The highest BCUT2D eigenvalue weighted by Gasteiger charge is 2.63. The lowest BCUT2D eigenvalue weighted by atomic mass is 9.47. The predicted octanol–water partition coefficient (Wildman–Crippen LogP) is 7.63. The Kier molecular flexibility index (Phi) is 7.61. The van der Waals surface area contributed by atoms with Crippen molar-refractivity contribution in [3.8, 4) is 0 Å². The Morgan fingerprint density at radius 2 is 1.90 bits per heavy atom. The molecule has 1 amide bonds. The molecule has 0 saturated heterocycles. The normalized spacial score (nSPS) is 38.0. The Morgan fingerprint density at radius 3 is 2.66 bits per heavy atom. The first-order valence-electron chi connectivity index (χ1n) is 16.2. The van der Waals surface area contributed by atoms with Crippen molar-refractivity contribution in [2.75, 3.05) is 6.54 Å². The largest absolute Gasteiger partial charge is 0.494 e. The van der Waals surface area contributed by atoms with E-state index in [1.807, 2.05) is 30.3 Å². The molecule has 3 fully saturated rings. The monoisotopic (exact) mass is 559 g/mol. The van der Waals surface area contributed by atoms with Crippen LogP contribution in [0.2, 0.25) is 0 Å². The van der Waals surface area contributed by atoms with Gasteiger partial charge in [0.2, 0.25) is 5.91 Å². The van der Waals surface area contributed by atoms with Crippen LogP contribution in [0.3, 0.4) is 0 Å². The maximum Gasteiger partial charge on any atom is 0.338 e. The number of benzene rings is 1. The van der Waals surface area contributed by atoms with Gasteiger partial charge in [-0.3, -0.25) is 4.79 Å². The summed E-state index contributed by atoms with van der Waals surface area (Å²) in [5.41, 5.74) is 4.22. The first-order valence-corrected chi connectivity index (χ1v) is 16.2. The van der Waals surface area contributed by atoms with E-state index in [4.69, 9.17) is 9.47 Å². The molecule has 0 aromatic heterocycles. The van der Waals surface area contributed by atoms with Crippen molar-refractivity contribution in [3.05, 3.63) is 58.9 Å². The predicted molar refractivity (Wildman–Crippen MR) is 161 cm³/mol. The third-order valence-electron chi connectivity index (χ3n) is 12.1. The van der Waals surface area contributed by atoms with Gasteiger partial charge < -0.3 is 14.8 Å². The number of carbonyl (C=O) groups is 2. The summed E-state index contributed by atoms with van der Waals surface area (Å²) >= 11 is 0. The van der Waals surface area contributed by atoms with Gasteiger partial charge in [0.05, 0.1) is 11.3 Å². The van der Waals surface area contributed by atoms with Gasteiger partial charge in [0, 0.05) is 32.2 Å². The third kappa shape index (κ3) is 5.06. The molecule has 1 heterocycles. The van der Waals surface area contributed by atoms with E-state index in [9.17, 15) is 9.59 Å². The lowest BCUT2D eigenvalue weighted by Crippen LogP contribution is -2.50. The van der Waals surface area contributed by atoms with Gasteiger partial charge in [-0.2, -0.15) is 0 Å². The molecule has 5 aliphatic rings. The molecule has 0 unspecified atom stereocenters. The second-order valence-corrected chi connectivity index (χ2v) is 14.5. The summed E-state index contributed by atoms with van der Waals surface area (Å²) in [5, 5.41) is 2.96. The molecular weight excluding hydrogens is 510 g/mol. The van der Waals surface area contributed by atoms with Crippen LogP contribution >= 0.6 is 0 Å². The van der Waals surface area contributed by atoms with E-state index < -0.39 is 0 Å². The highest BCUT2D eigenvalue weighted by Crippen LogP contribution is 2.69. The van der Waals surface area contributed by atoms with Crippen molar-refractivity contribution in [1.82, 2.24) is 5.32 Å². The number of hydrogen-bond acceptors (Lipinski definition) is 4. The minimum Gasteiger partial charge on any atom is -0.494 e. The minimum absolute atomic E-state index is 0.0150. The third-order valence-corrected chi connectivity index (χ3v) is 12.1. The number of carbonyl (C=O) groups excluding carboxylic acids is 2. The molecule has 0 bridgehead atoms. The fourth-order valence-electron chi connectivity index (χ4n) is 9.90. The van der Waals surface area contributed by atoms with Gasteiger partial charge in [-0.1, -0.05) is 50.6 Å². The van der Waals surface area contributed by atoms with E-state index in [1.165, 1.54) is 30.6 Å². The zero-order chi connectivity index (χ0) is 28.9. The lowest BCUT2D eigenvalue weighted by Gasteiger charge is -2.58. The average molecular weight is 560 g/mol. The number of amides is 1. The molecule has 0 radical (unpaired) electrons. The molecule has 222 valence electrons. The Balaban J connectivity index is 1.12. The minimum atomic E-state index is -0.190. The molecule has 9 atom stereocenters. The number of ether oxygens (including phenoxy) is 2. The summed E-state index contributed by atoms with van der Waals surface area (Å²) in [4.78, 5) is 24.0. The van der Waals surface area contributed by atoms with Crippen molar-refractivity contribution < 1.29 is 19.1 Å². The molecule has 1 aromatic carbocycles. The van der Waals surface area contributed by atoms with Crippen molar-refractivity contribution in [2.24, 2.45) is 40.4 Å². The van der Waals surface area contributed by atoms with Crippen molar-refractivity contribution in [1.29, 1.82) is 0 Å². The van der Waals surface area contributed by atoms with E-state index in [2.05, 4.69) is 39.1 Å². The zero-order valence-corrected chi connectivity index (χ0v) is 25.7. The fourth-order valence-corrected chi connectivity index (χ4v) is 9.90. The van der Waals surface area contributed by atoms with E-state index in [0.29, 0.717) is 46.7 Å². The summed E-state index contributed by atoms with van der Waals surface area (Å²) in [6.45, 7) is 12.0. The number of hydrogen-bond donors (Lipinski definition) is 1. The Hall–Kier alpha value is -2.56. The quantitative estimate of drug-likeness (QED) is 0.276. The average Bonchev–Trinajstić information content (AvgIpc) is 3.44. The molecular formula is C36H49NO4. The van der Waals surface area contributed by atoms with Gasteiger partial charge in [0.25, 0.3) is 0 Å². The van der Waals surface area contributed by atoms with Crippen LogP contribution in [0.1, 0.15) is 103 Å². The second kappa shape index (κ2) is 10.9. The van der Waals surface area contributed by atoms with E-state index in [0.717, 1.165) is 45.1 Å². The summed E-state index contributed by atoms with van der Waals surface area (Å²) in [7, 11) is 0. The first-order chi connectivity index (χ1) is 19.6. The van der Waals surface area contributed by atoms with Crippen molar-refractivity contribution in [2.45, 2.75) is 105 Å². The zero-order valence-electron chi connectivity index (χ0n) is 25.7. The van der Waals surface area contributed by atoms with Crippen LogP contribution in [0.4, 0.5) is 0 Å². The Morgan fingerprint density at radius 1 is 1.12 bits per heavy atom. The fraction of sp³-hybridized carbons (Fsp3) is 0.667. The molecule has 1 N–H and O–H groups in total. The topological polar surface area (TPSA) is 64.6 Å². The summed E-state index contributed by atoms with van der Waals surface area (Å²) in [5.74, 6) is 4.21. The Labute approximate surface area is 246 Å². The van der Waals surface area contributed by atoms with Gasteiger partial charge in [-0.15, -0.1) is 0 Å². The molecule has 1 aromatic rings. The van der Waals surface area contributed by atoms with Crippen LogP contribution in [-0.2, 0) is 14.3 Å². The van der Waals surface area contributed by atoms with Gasteiger partial charge in [0.1, 0.15) is 12.2 Å². The SMILES string of the molecule is CC(=O)NC[C@H](C)CCC1=C(C)[C@@H]2[C@H](C[C@@H]3[C@@H]4CC=C5C[C@H](OC(=O)c6ccccc6)CC[C@]5(C)[C@@H]4CC[C@@]32C)O1. The van der Waals surface area contributed by atoms with E-state index in [1.54, 1.807) is 12.5 Å². The second-order valence-electron chi connectivity index (χ2n) is 14.5. The molecule has 6 rings (SSSR count). The van der Waals surface area contributed by atoms with Crippen LogP contribution < -0.4 is 5.32 Å². The molecule has 5 nitrogen and oxygen atoms in total. The molecule has 5 heteroatoms. The number of allylic oxidation sites excluding steroid dienone is 2. The van der Waals surface area contributed by atoms with Crippen LogP contribution in [0, 0.1) is 40.4 Å². The maximum atomic E-state index is 12.7. The van der Waals surface area contributed by atoms with Crippen LogP contribution in [0.25, 0.3) is 0 Å². The molecule has 4 aliphatic carbocycles. The van der Waals surface area contributed by atoms with E-state index >= 15 is 0 Å². The molecule has 0 spiro atoms. The number of nitrogens with one attached hydrogen (secondary N) is 1. The highest BCUT2D eigenvalue weighted by atomic mass is 16.5. The first kappa shape index (κ1) is 28.6. The number of esters is 1. The number of fused-ring (bicyclic) bond motifs is 7. The maximum absolute atomic E-state index is 12.7. The Bertz CT molecular complexity index is 1240. The van der Waals surface area contributed by atoms with Gasteiger partial charge in [-0.05, 0) is 104 Å². The summed E-state index contributed by atoms with van der Waals surface area (Å²) < 4.78 is 12.8. The molecule has 3 saturated carbocycles. The van der Waals surface area contributed by atoms with E-state index in [-0.39, 0.29) is 23.4 Å². The highest BCUT2D eigenvalue weighted by molar-refractivity contribution is 5.89. The molecule has 1 aliphatic heterocycles. The van der Waals surface area contributed by atoms with Crippen molar-refractivity contribution >= 4 is 11.9 Å². The van der Waals surface area contributed by atoms with Crippen LogP contribution in [0.5, 0.6) is 0 Å². The summed E-state index contributed by atoms with van der Waals surface area (Å²) in [6.07, 6.45) is 12.8. The van der Waals surface area contributed by atoms with Gasteiger partial charge in [-0.25, -0.2) is 4.79 Å².